The van der Waals surface area contributed by atoms with Crippen LogP contribution in [0, 0.1) is 0 Å². The van der Waals surface area contributed by atoms with E-state index in [0.717, 1.165) is 12.8 Å². The quantitative estimate of drug-likeness (QED) is 0.882. The lowest BCUT2D eigenvalue weighted by Gasteiger charge is -2.20. The molecule has 1 fully saturated rings. The van der Waals surface area contributed by atoms with E-state index in [1.165, 1.54) is 4.90 Å². The monoisotopic (exact) mass is 289 g/mol. The second-order valence-corrected chi connectivity index (χ2v) is 4.79. The molecule has 21 heavy (non-hydrogen) atoms. The van der Waals surface area contributed by atoms with Gasteiger partial charge >= 0.3 is 12.1 Å². The van der Waals surface area contributed by atoms with Gasteiger partial charge in [-0.15, -0.1) is 0 Å². The number of amides is 1. The summed E-state index contributed by atoms with van der Waals surface area (Å²) in [4.78, 5) is 20.8. The Bertz CT molecular complexity index is 615. The van der Waals surface area contributed by atoms with Crippen LogP contribution in [0.25, 0.3) is 11.5 Å². The van der Waals surface area contributed by atoms with E-state index in [-0.39, 0.29) is 12.1 Å². The van der Waals surface area contributed by atoms with Gasteiger partial charge in [0.15, 0.2) is 0 Å². The lowest BCUT2D eigenvalue weighted by molar-refractivity contribution is 0.142. The van der Waals surface area contributed by atoms with E-state index >= 15 is 0 Å². The average molecular weight is 289 g/mol. The minimum Gasteiger partial charge on any atom is -0.465 e. The van der Waals surface area contributed by atoms with Crippen molar-refractivity contribution in [2.45, 2.75) is 18.9 Å². The van der Waals surface area contributed by atoms with Gasteiger partial charge in [0, 0.05) is 19.3 Å². The van der Waals surface area contributed by atoms with Crippen molar-refractivity contribution in [3.05, 3.63) is 24.4 Å². The van der Waals surface area contributed by atoms with Gasteiger partial charge in [0.1, 0.15) is 5.69 Å². The molecule has 0 saturated carbocycles. The minimum atomic E-state index is -0.890. The topological polar surface area (TPSA) is 104 Å². The Morgan fingerprint density at radius 1 is 1.52 bits per heavy atom. The predicted molar refractivity (Wildman–Crippen MR) is 73.8 cm³/mol. The Morgan fingerprint density at radius 2 is 2.43 bits per heavy atom. The highest BCUT2D eigenvalue weighted by Gasteiger charge is 2.28. The molecule has 0 unspecified atom stereocenters. The highest BCUT2D eigenvalue weighted by atomic mass is 16.5. The Kier molecular flexibility index (Phi) is 3.67. The number of nitrogens with zero attached hydrogens (tertiary/aromatic N) is 4. The Hall–Kier alpha value is -2.64. The van der Waals surface area contributed by atoms with Gasteiger partial charge in [0.25, 0.3) is 0 Å². The second-order valence-electron chi connectivity index (χ2n) is 4.79. The molecule has 1 amide bonds. The van der Waals surface area contributed by atoms with E-state index < -0.39 is 6.09 Å². The van der Waals surface area contributed by atoms with Crippen LogP contribution in [0.3, 0.4) is 0 Å². The molecule has 2 aromatic rings. The van der Waals surface area contributed by atoms with Gasteiger partial charge in [-0.2, -0.15) is 4.98 Å². The summed E-state index contributed by atoms with van der Waals surface area (Å²) in [5, 5.41) is 15.9. The molecule has 8 nitrogen and oxygen atoms in total. The largest absolute Gasteiger partial charge is 0.465 e. The van der Waals surface area contributed by atoms with Crippen molar-refractivity contribution < 1.29 is 14.4 Å². The first-order valence-corrected chi connectivity index (χ1v) is 6.72. The molecule has 0 bridgehead atoms. The first-order chi connectivity index (χ1) is 10.2. The van der Waals surface area contributed by atoms with Gasteiger partial charge in [-0.3, -0.25) is 4.98 Å². The van der Waals surface area contributed by atoms with Crippen LogP contribution in [0.5, 0.6) is 0 Å². The molecule has 3 heterocycles. The van der Waals surface area contributed by atoms with Crippen molar-refractivity contribution in [3.63, 3.8) is 0 Å². The predicted octanol–water partition coefficient (Wildman–Crippen LogP) is 1.69. The third-order valence-corrected chi connectivity index (χ3v) is 3.43. The number of carbonyl (C=O) groups is 1. The summed E-state index contributed by atoms with van der Waals surface area (Å²) in [5.74, 6) is 0.402. The maximum Gasteiger partial charge on any atom is 0.407 e. The van der Waals surface area contributed by atoms with Gasteiger partial charge < -0.3 is 19.8 Å². The number of hydrogen-bond acceptors (Lipinski definition) is 6. The number of rotatable bonds is 4. The van der Waals surface area contributed by atoms with Crippen molar-refractivity contribution in [3.8, 4) is 11.5 Å². The average Bonchev–Trinajstić information content (AvgIpc) is 3.15. The molecular weight excluding hydrogens is 274 g/mol. The molecule has 2 aromatic heterocycles. The fourth-order valence-electron chi connectivity index (χ4n) is 2.40. The molecule has 0 spiro atoms. The maximum atomic E-state index is 11.1. The molecule has 0 aliphatic carbocycles. The highest BCUT2D eigenvalue weighted by Crippen LogP contribution is 2.19. The SMILES string of the molecule is O=C(O)N1CCC[C@H]1CNc1nc(-c2ccccn2)no1. The summed E-state index contributed by atoms with van der Waals surface area (Å²) < 4.78 is 5.10. The zero-order valence-corrected chi connectivity index (χ0v) is 11.3. The standard InChI is InChI=1S/C13H15N5O3/c19-13(20)18-7-3-4-9(18)8-15-12-16-11(17-21-12)10-5-1-2-6-14-10/h1-2,5-6,9H,3-4,7-8H2,(H,19,20)(H,15,16,17)/t9-/m0/s1. The van der Waals surface area contributed by atoms with Crippen molar-refractivity contribution in [2.75, 3.05) is 18.4 Å². The highest BCUT2D eigenvalue weighted by molar-refractivity contribution is 5.66. The van der Waals surface area contributed by atoms with Crippen molar-refractivity contribution in [1.29, 1.82) is 0 Å². The summed E-state index contributed by atoms with van der Waals surface area (Å²) in [6, 6.07) is 5.65. The number of nitrogens with one attached hydrogen (secondary N) is 1. The summed E-state index contributed by atoms with van der Waals surface area (Å²) in [7, 11) is 0. The number of hydrogen-bond donors (Lipinski definition) is 2. The smallest absolute Gasteiger partial charge is 0.407 e. The zero-order chi connectivity index (χ0) is 14.7. The van der Waals surface area contributed by atoms with Crippen molar-refractivity contribution >= 4 is 12.1 Å². The van der Waals surface area contributed by atoms with E-state index in [1.54, 1.807) is 12.3 Å². The van der Waals surface area contributed by atoms with E-state index in [9.17, 15) is 4.79 Å². The molecule has 1 saturated heterocycles. The van der Waals surface area contributed by atoms with Crippen LogP contribution in [-0.4, -0.2) is 50.4 Å². The Morgan fingerprint density at radius 3 is 3.19 bits per heavy atom. The molecule has 0 aromatic carbocycles. The summed E-state index contributed by atoms with van der Waals surface area (Å²) in [5.41, 5.74) is 0.627. The van der Waals surface area contributed by atoms with E-state index in [1.807, 2.05) is 12.1 Å². The van der Waals surface area contributed by atoms with Crippen LogP contribution in [0.15, 0.2) is 28.9 Å². The van der Waals surface area contributed by atoms with Gasteiger partial charge in [0.05, 0.1) is 6.04 Å². The molecule has 110 valence electrons. The number of pyridine rings is 1. The molecule has 1 aliphatic rings. The number of likely N-dealkylation sites (tertiary alicyclic amines) is 1. The van der Waals surface area contributed by atoms with Gasteiger partial charge in [-0.1, -0.05) is 11.2 Å². The summed E-state index contributed by atoms with van der Waals surface area (Å²) in [6.45, 7) is 1.03. The number of carboxylic acid groups (broad SMARTS) is 1. The third kappa shape index (κ3) is 2.93. The molecule has 1 aliphatic heterocycles. The molecule has 2 N–H and O–H groups in total. The third-order valence-electron chi connectivity index (χ3n) is 3.43. The van der Waals surface area contributed by atoms with Crippen LogP contribution < -0.4 is 5.32 Å². The fraction of sp³-hybridized carbons (Fsp3) is 0.385. The van der Waals surface area contributed by atoms with Gasteiger partial charge in [-0.25, -0.2) is 4.79 Å². The maximum absolute atomic E-state index is 11.1. The fourth-order valence-corrected chi connectivity index (χ4v) is 2.40. The van der Waals surface area contributed by atoms with Gasteiger partial charge in [-0.05, 0) is 25.0 Å². The summed E-state index contributed by atoms with van der Waals surface area (Å²) in [6.07, 6.45) is 2.48. The molecule has 0 radical (unpaired) electrons. The van der Waals surface area contributed by atoms with Crippen LogP contribution in [0.4, 0.5) is 10.8 Å². The van der Waals surface area contributed by atoms with Crippen LogP contribution >= 0.6 is 0 Å². The second kappa shape index (κ2) is 5.78. The van der Waals surface area contributed by atoms with E-state index in [4.69, 9.17) is 9.63 Å². The van der Waals surface area contributed by atoms with Crippen LogP contribution in [-0.2, 0) is 0 Å². The minimum absolute atomic E-state index is 0.0623. The molecule has 8 heteroatoms. The zero-order valence-electron chi connectivity index (χ0n) is 11.3. The van der Waals surface area contributed by atoms with Crippen molar-refractivity contribution in [2.24, 2.45) is 0 Å². The van der Waals surface area contributed by atoms with Gasteiger partial charge in [0.2, 0.25) is 5.82 Å². The normalized spacial score (nSPS) is 17.9. The Labute approximate surface area is 120 Å². The lowest BCUT2D eigenvalue weighted by Crippen LogP contribution is -2.38. The Balaban J connectivity index is 1.62. The van der Waals surface area contributed by atoms with Crippen molar-refractivity contribution in [1.82, 2.24) is 20.0 Å². The van der Waals surface area contributed by atoms with Crippen LogP contribution in [0.2, 0.25) is 0 Å². The molecular formula is C13H15N5O3. The number of aromatic nitrogens is 3. The number of anilines is 1. The molecule has 1 atom stereocenters. The lowest BCUT2D eigenvalue weighted by atomic mass is 10.2. The van der Waals surface area contributed by atoms with E-state index in [2.05, 4.69) is 20.4 Å². The summed E-state index contributed by atoms with van der Waals surface area (Å²) >= 11 is 0. The first-order valence-electron chi connectivity index (χ1n) is 6.72. The molecule has 3 rings (SSSR count). The van der Waals surface area contributed by atoms with Crippen LogP contribution in [0.1, 0.15) is 12.8 Å². The first kappa shape index (κ1) is 13.3. The van der Waals surface area contributed by atoms with E-state index in [0.29, 0.717) is 24.6 Å².